The maximum Gasteiger partial charge on any atom is 0.244 e. The van der Waals surface area contributed by atoms with Gasteiger partial charge in [-0.25, -0.2) is 0 Å². The molecule has 20 heavy (non-hydrogen) atoms. The molecule has 1 rings (SSSR count). The number of ether oxygens (including phenoxy) is 4. The lowest BCUT2D eigenvalue weighted by atomic mass is 10.4. The quantitative estimate of drug-likeness (QED) is 0.648. The van der Waals surface area contributed by atoms with Crippen LogP contribution in [0, 0.1) is 0 Å². The molecule has 7 nitrogen and oxygen atoms in total. The fraction of sp³-hybridized carbons (Fsp3) is 0.692. The Bertz CT molecular complexity index is 388. The van der Waals surface area contributed by atoms with Crippen LogP contribution in [-0.2, 0) is 9.47 Å². The maximum atomic E-state index is 5.89. The van der Waals surface area contributed by atoms with Gasteiger partial charge in [-0.3, -0.25) is 0 Å². The molecule has 114 valence electrons. The molecular formula is C13H23N3O4. The van der Waals surface area contributed by atoms with Gasteiger partial charge in [0.1, 0.15) is 6.33 Å². The van der Waals surface area contributed by atoms with Crippen LogP contribution in [0.5, 0.6) is 11.8 Å². The largest absolute Gasteiger partial charge is 0.476 e. The highest BCUT2D eigenvalue weighted by Crippen LogP contribution is 2.27. The van der Waals surface area contributed by atoms with Gasteiger partial charge < -0.3 is 24.7 Å². The molecule has 0 bridgehead atoms. The van der Waals surface area contributed by atoms with Crippen LogP contribution in [0.1, 0.15) is 20.3 Å². The zero-order chi connectivity index (χ0) is 14.8. The number of nitrogens with two attached hydrogens (primary N) is 1. The molecule has 7 heteroatoms. The van der Waals surface area contributed by atoms with E-state index in [1.54, 1.807) is 7.11 Å². The summed E-state index contributed by atoms with van der Waals surface area (Å²) < 4.78 is 21.2. The smallest absolute Gasteiger partial charge is 0.244 e. The van der Waals surface area contributed by atoms with E-state index in [2.05, 4.69) is 9.97 Å². The standard InChI is InChI=1S/C13H23N3O4/c1-10(2)20-13-11(14)12(15-9-16-13)19-6-4-5-18-8-7-17-3/h9-10H,4-8,14H2,1-3H3. The Kier molecular flexibility index (Phi) is 7.67. The van der Waals surface area contributed by atoms with Crippen LogP contribution in [0.3, 0.4) is 0 Å². The highest BCUT2D eigenvalue weighted by Gasteiger charge is 2.11. The molecule has 1 aromatic rings. The lowest BCUT2D eigenvalue weighted by Crippen LogP contribution is -2.12. The lowest BCUT2D eigenvalue weighted by Gasteiger charge is -2.13. The summed E-state index contributed by atoms with van der Waals surface area (Å²) in [5.74, 6) is 0.689. The molecule has 0 spiro atoms. The van der Waals surface area contributed by atoms with Crippen LogP contribution in [0.2, 0.25) is 0 Å². The lowest BCUT2D eigenvalue weighted by molar-refractivity contribution is 0.0642. The fourth-order valence-electron chi connectivity index (χ4n) is 1.37. The Morgan fingerprint density at radius 2 is 1.85 bits per heavy atom. The van der Waals surface area contributed by atoms with Gasteiger partial charge in [0.15, 0.2) is 5.69 Å². The minimum absolute atomic E-state index is 0.00534. The number of aromatic nitrogens is 2. The zero-order valence-corrected chi connectivity index (χ0v) is 12.3. The van der Waals surface area contributed by atoms with Gasteiger partial charge in [-0.1, -0.05) is 0 Å². The first-order valence-corrected chi connectivity index (χ1v) is 6.61. The number of nitrogens with zero attached hydrogens (tertiary/aromatic N) is 2. The average molecular weight is 285 g/mol. The van der Waals surface area contributed by atoms with Crippen molar-refractivity contribution in [2.24, 2.45) is 0 Å². The van der Waals surface area contributed by atoms with Gasteiger partial charge in [0.2, 0.25) is 11.8 Å². The summed E-state index contributed by atoms with van der Waals surface area (Å²) in [6, 6.07) is 0. The molecule has 0 aliphatic heterocycles. The van der Waals surface area contributed by atoms with Crippen molar-refractivity contribution in [3.63, 3.8) is 0 Å². The predicted molar refractivity (Wildman–Crippen MR) is 75.0 cm³/mol. The summed E-state index contributed by atoms with van der Waals surface area (Å²) in [5, 5.41) is 0. The molecule has 2 N–H and O–H groups in total. The molecule has 0 aliphatic rings. The van der Waals surface area contributed by atoms with Gasteiger partial charge >= 0.3 is 0 Å². The number of methoxy groups -OCH3 is 1. The third-order valence-corrected chi connectivity index (χ3v) is 2.26. The first kappa shape index (κ1) is 16.5. The first-order valence-electron chi connectivity index (χ1n) is 6.61. The summed E-state index contributed by atoms with van der Waals surface area (Å²) >= 11 is 0. The molecule has 0 aliphatic carbocycles. The summed E-state index contributed by atoms with van der Waals surface area (Å²) in [7, 11) is 1.64. The Balaban J connectivity index is 2.33. The molecule has 0 amide bonds. The van der Waals surface area contributed by atoms with Crippen LogP contribution in [-0.4, -0.2) is 49.6 Å². The molecule has 1 aromatic heterocycles. The Labute approximate surface area is 119 Å². The minimum atomic E-state index is -0.00534. The average Bonchev–Trinajstić information content (AvgIpc) is 2.41. The van der Waals surface area contributed by atoms with Crippen molar-refractivity contribution in [3.05, 3.63) is 6.33 Å². The van der Waals surface area contributed by atoms with Gasteiger partial charge in [-0.2, -0.15) is 9.97 Å². The maximum absolute atomic E-state index is 5.89. The fourth-order valence-corrected chi connectivity index (χ4v) is 1.37. The van der Waals surface area contributed by atoms with E-state index < -0.39 is 0 Å². The van der Waals surface area contributed by atoms with Crippen molar-refractivity contribution in [1.29, 1.82) is 0 Å². The number of hydrogen-bond donors (Lipinski definition) is 1. The van der Waals surface area contributed by atoms with Gasteiger partial charge in [0.05, 0.1) is 25.9 Å². The molecule has 0 unspecified atom stereocenters. The molecule has 0 radical (unpaired) electrons. The van der Waals surface area contributed by atoms with E-state index in [4.69, 9.17) is 24.7 Å². The van der Waals surface area contributed by atoms with Gasteiger partial charge in [-0.15, -0.1) is 0 Å². The predicted octanol–water partition coefficient (Wildman–Crippen LogP) is 1.28. The van der Waals surface area contributed by atoms with Gasteiger partial charge in [0, 0.05) is 20.1 Å². The Morgan fingerprint density at radius 1 is 1.10 bits per heavy atom. The van der Waals surface area contributed by atoms with Crippen molar-refractivity contribution in [1.82, 2.24) is 9.97 Å². The normalized spacial score (nSPS) is 10.8. The second-order valence-corrected chi connectivity index (χ2v) is 4.37. The van der Waals surface area contributed by atoms with E-state index in [9.17, 15) is 0 Å². The molecular weight excluding hydrogens is 262 g/mol. The van der Waals surface area contributed by atoms with E-state index in [0.29, 0.717) is 43.9 Å². The number of rotatable bonds is 10. The number of nitrogen functional groups attached to an aromatic ring is 1. The van der Waals surface area contributed by atoms with Gasteiger partial charge in [0.25, 0.3) is 0 Å². The Hall–Kier alpha value is -1.60. The molecule has 0 saturated heterocycles. The molecule has 0 fully saturated rings. The zero-order valence-electron chi connectivity index (χ0n) is 12.3. The summed E-state index contributed by atoms with van der Waals surface area (Å²) in [4.78, 5) is 7.97. The topological polar surface area (TPSA) is 88.7 Å². The van der Waals surface area contributed by atoms with Crippen LogP contribution in [0.4, 0.5) is 5.69 Å². The number of hydrogen-bond acceptors (Lipinski definition) is 7. The third kappa shape index (κ3) is 6.03. The van der Waals surface area contributed by atoms with E-state index in [-0.39, 0.29) is 6.10 Å². The van der Waals surface area contributed by atoms with E-state index in [0.717, 1.165) is 6.42 Å². The van der Waals surface area contributed by atoms with Crippen molar-refractivity contribution >= 4 is 5.69 Å². The minimum Gasteiger partial charge on any atom is -0.476 e. The van der Waals surface area contributed by atoms with E-state index >= 15 is 0 Å². The van der Waals surface area contributed by atoms with E-state index in [1.807, 2.05) is 13.8 Å². The second kappa shape index (κ2) is 9.33. The van der Waals surface area contributed by atoms with Crippen molar-refractivity contribution < 1.29 is 18.9 Å². The highest BCUT2D eigenvalue weighted by molar-refractivity contribution is 5.55. The van der Waals surface area contributed by atoms with Gasteiger partial charge in [-0.05, 0) is 13.8 Å². The van der Waals surface area contributed by atoms with Crippen molar-refractivity contribution in [3.8, 4) is 11.8 Å². The second-order valence-electron chi connectivity index (χ2n) is 4.37. The van der Waals surface area contributed by atoms with E-state index in [1.165, 1.54) is 6.33 Å². The summed E-state index contributed by atoms with van der Waals surface area (Å²) in [6.45, 7) is 6.05. The molecule has 0 aromatic carbocycles. The van der Waals surface area contributed by atoms with Crippen LogP contribution in [0.25, 0.3) is 0 Å². The molecule has 0 saturated carbocycles. The van der Waals surface area contributed by atoms with Crippen molar-refractivity contribution in [2.75, 3.05) is 39.3 Å². The number of anilines is 1. The van der Waals surface area contributed by atoms with Crippen LogP contribution >= 0.6 is 0 Å². The summed E-state index contributed by atoms with van der Waals surface area (Å²) in [5.41, 5.74) is 6.21. The molecule has 1 heterocycles. The molecule has 0 atom stereocenters. The van der Waals surface area contributed by atoms with Crippen molar-refractivity contribution in [2.45, 2.75) is 26.4 Å². The van der Waals surface area contributed by atoms with Crippen LogP contribution in [0.15, 0.2) is 6.33 Å². The monoisotopic (exact) mass is 285 g/mol. The highest BCUT2D eigenvalue weighted by atomic mass is 16.5. The SMILES string of the molecule is COCCOCCCOc1ncnc(OC(C)C)c1N. The summed E-state index contributed by atoms with van der Waals surface area (Å²) in [6.07, 6.45) is 2.11. The Morgan fingerprint density at radius 3 is 2.55 bits per heavy atom. The first-order chi connectivity index (χ1) is 9.65. The van der Waals surface area contributed by atoms with Crippen LogP contribution < -0.4 is 15.2 Å². The third-order valence-electron chi connectivity index (χ3n) is 2.26.